The van der Waals surface area contributed by atoms with Gasteiger partial charge in [0.25, 0.3) is 0 Å². The molecule has 0 unspecified atom stereocenters. The van der Waals surface area contributed by atoms with Gasteiger partial charge in [-0.15, -0.1) is 0 Å². The lowest BCUT2D eigenvalue weighted by Gasteiger charge is -2.10. The van der Waals surface area contributed by atoms with Gasteiger partial charge in [-0.25, -0.2) is 0 Å². The highest BCUT2D eigenvalue weighted by atomic mass is 32.1. The quantitative estimate of drug-likeness (QED) is 0.577. The van der Waals surface area contributed by atoms with Crippen LogP contribution in [0.3, 0.4) is 0 Å². The van der Waals surface area contributed by atoms with Crippen molar-refractivity contribution in [2.24, 2.45) is 0 Å². The number of nitrogens with zero attached hydrogens (tertiary/aromatic N) is 1. The summed E-state index contributed by atoms with van der Waals surface area (Å²) in [5.41, 5.74) is 1.14. The van der Waals surface area contributed by atoms with E-state index in [0.29, 0.717) is 0 Å². The predicted molar refractivity (Wildman–Crippen MR) is 75.8 cm³/mol. The Morgan fingerprint density at radius 3 is 2.88 bits per heavy atom. The van der Waals surface area contributed by atoms with Gasteiger partial charge in [0, 0.05) is 25.5 Å². The van der Waals surface area contributed by atoms with E-state index in [-0.39, 0.29) is 0 Å². The fourth-order valence-corrected chi connectivity index (χ4v) is 1.68. The maximum absolute atomic E-state index is 5.19. The molecule has 1 rings (SSSR count). The van der Waals surface area contributed by atoms with E-state index in [1.807, 2.05) is 18.3 Å². The van der Waals surface area contributed by atoms with Crippen molar-refractivity contribution in [2.45, 2.75) is 39.2 Å². The van der Waals surface area contributed by atoms with Crippen LogP contribution in [-0.4, -0.2) is 16.6 Å². The second-order valence-electron chi connectivity index (χ2n) is 4.03. The lowest BCUT2D eigenvalue weighted by atomic mass is 10.2. The Morgan fingerprint density at radius 2 is 2.18 bits per heavy atom. The zero-order valence-corrected chi connectivity index (χ0v) is 11.2. The molecule has 0 aromatic carbocycles. The van der Waals surface area contributed by atoms with Crippen LogP contribution >= 0.6 is 12.2 Å². The molecule has 0 bridgehead atoms. The standard InChI is InChI=1S/C13H21N3S/c1-2-3-4-5-9-15-13(17)16-11-12-7-6-8-14-10-12/h6-8,10H,2-5,9,11H2,1H3,(H2,15,16,17). The Morgan fingerprint density at radius 1 is 1.29 bits per heavy atom. The molecule has 0 aliphatic heterocycles. The smallest absolute Gasteiger partial charge is 0.166 e. The van der Waals surface area contributed by atoms with Crippen molar-refractivity contribution >= 4 is 17.3 Å². The van der Waals surface area contributed by atoms with Crippen LogP contribution in [0, 0.1) is 0 Å². The zero-order chi connectivity index (χ0) is 12.3. The van der Waals surface area contributed by atoms with Crippen molar-refractivity contribution in [2.75, 3.05) is 6.54 Å². The molecule has 0 saturated heterocycles. The number of hydrogen-bond donors (Lipinski definition) is 2. The topological polar surface area (TPSA) is 37.0 Å². The van der Waals surface area contributed by atoms with Gasteiger partial charge in [-0.05, 0) is 30.3 Å². The molecule has 94 valence electrons. The summed E-state index contributed by atoms with van der Waals surface area (Å²) in [6, 6.07) is 3.96. The van der Waals surface area contributed by atoms with Gasteiger partial charge >= 0.3 is 0 Å². The molecular weight excluding hydrogens is 230 g/mol. The second-order valence-corrected chi connectivity index (χ2v) is 4.44. The van der Waals surface area contributed by atoms with Gasteiger partial charge in [-0.3, -0.25) is 4.98 Å². The monoisotopic (exact) mass is 251 g/mol. The molecule has 0 spiro atoms. The van der Waals surface area contributed by atoms with Crippen LogP contribution in [0.2, 0.25) is 0 Å². The third-order valence-corrected chi connectivity index (χ3v) is 2.78. The van der Waals surface area contributed by atoms with Gasteiger partial charge in [0.2, 0.25) is 0 Å². The van der Waals surface area contributed by atoms with Crippen LogP contribution in [-0.2, 0) is 6.54 Å². The first kappa shape index (κ1) is 13.9. The third kappa shape index (κ3) is 6.89. The van der Waals surface area contributed by atoms with E-state index in [1.54, 1.807) is 6.20 Å². The molecule has 3 nitrogen and oxygen atoms in total. The molecule has 0 aliphatic carbocycles. The summed E-state index contributed by atoms with van der Waals surface area (Å²) in [6.45, 7) is 3.90. The number of aromatic nitrogens is 1. The first-order valence-corrected chi connectivity index (χ1v) is 6.64. The predicted octanol–water partition coefficient (Wildman–Crippen LogP) is 2.63. The maximum Gasteiger partial charge on any atom is 0.166 e. The highest BCUT2D eigenvalue weighted by Crippen LogP contribution is 1.97. The van der Waals surface area contributed by atoms with Gasteiger partial charge in [0.1, 0.15) is 0 Å². The number of rotatable bonds is 7. The molecule has 0 saturated carbocycles. The van der Waals surface area contributed by atoms with Gasteiger partial charge < -0.3 is 10.6 Å². The molecule has 1 aromatic rings. The third-order valence-electron chi connectivity index (χ3n) is 2.49. The minimum atomic E-state index is 0.727. The minimum Gasteiger partial charge on any atom is -0.363 e. The van der Waals surface area contributed by atoms with Crippen LogP contribution < -0.4 is 10.6 Å². The molecule has 0 fully saturated rings. The van der Waals surface area contributed by atoms with E-state index in [9.17, 15) is 0 Å². The molecular formula is C13H21N3S. The fraction of sp³-hybridized carbons (Fsp3) is 0.538. The lowest BCUT2D eigenvalue weighted by Crippen LogP contribution is -2.35. The first-order valence-electron chi connectivity index (χ1n) is 6.23. The summed E-state index contributed by atoms with van der Waals surface area (Å²) in [7, 11) is 0. The fourth-order valence-electron chi connectivity index (χ4n) is 1.50. The Bertz CT molecular complexity index is 314. The van der Waals surface area contributed by atoms with Crippen molar-refractivity contribution in [3.8, 4) is 0 Å². The van der Waals surface area contributed by atoms with Crippen molar-refractivity contribution < 1.29 is 0 Å². The molecule has 0 radical (unpaired) electrons. The number of nitrogens with one attached hydrogen (secondary N) is 2. The van der Waals surface area contributed by atoms with E-state index >= 15 is 0 Å². The van der Waals surface area contributed by atoms with E-state index in [0.717, 1.165) is 23.8 Å². The summed E-state index contributed by atoms with van der Waals surface area (Å²) in [5.74, 6) is 0. The molecule has 17 heavy (non-hydrogen) atoms. The summed E-state index contributed by atoms with van der Waals surface area (Å²) in [5, 5.41) is 7.11. The van der Waals surface area contributed by atoms with Gasteiger partial charge in [-0.2, -0.15) is 0 Å². The molecule has 0 aliphatic rings. The number of unbranched alkanes of at least 4 members (excludes halogenated alkanes) is 3. The number of hydrogen-bond acceptors (Lipinski definition) is 2. The average molecular weight is 251 g/mol. The normalized spacial score (nSPS) is 9.94. The number of thiocarbonyl (C=S) groups is 1. The number of pyridine rings is 1. The SMILES string of the molecule is CCCCCCNC(=S)NCc1cccnc1. The van der Waals surface area contributed by atoms with E-state index in [2.05, 4.69) is 22.5 Å². The first-order chi connectivity index (χ1) is 8.33. The van der Waals surface area contributed by atoms with Crippen molar-refractivity contribution in [1.82, 2.24) is 15.6 Å². The molecule has 0 amide bonds. The lowest BCUT2D eigenvalue weighted by molar-refractivity contribution is 0.650. The Balaban J connectivity index is 2.05. The summed E-state index contributed by atoms with van der Waals surface area (Å²) < 4.78 is 0. The molecule has 1 heterocycles. The summed E-state index contributed by atoms with van der Waals surface area (Å²) in [6.07, 6.45) is 8.64. The van der Waals surface area contributed by atoms with Crippen molar-refractivity contribution in [1.29, 1.82) is 0 Å². The highest BCUT2D eigenvalue weighted by Gasteiger charge is 1.95. The largest absolute Gasteiger partial charge is 0.363 e. The molecule has 1 aromatic heterocycles. The van der Waals surface area contributed by atoms with E-state index in [4.69, 9.17) is 12.2 Å². The van der Waals surface area contributed by atoms with Crippen LogP contribution in [0.1, 0.15) is 38.2 Å². The summed E-state index contributed by atoms with van der Waals surface area (Å²) >= 11 is 5.19. The van der Waals surface area contributed by atoms with E-state index in [1.165, 1.54) is 25.7 Å². The van der Waals surface area contributed by atoms with E-state index < -0.39 is 0 Å². The van der Waals surface area contributed by atoms with Crippen LogP contribution in [0.15, 0.2) is 24.5 Å². The van der Waals surface area contributed by atoms with Gasteiger partial charge in [-0.1, -0.05) is 32.3 Å². The molecule has 0 atom stereocenters. The molecule has 4 heteroatoms. The average Bonchev–Trinajstić information content (AvgIpc) is 2.37. The Hall–Kier alpha value is -1.16. The Labute approximate surface area is 109 Å². The van der Waals surface area contributed by atoms with Crippen molar-refractivity contribution in [3.63, 3.8) is 0 Å². The van der Waals surface area contributed by atoms with Crippen LogP contribution in [0.4, 0.5) is 0 Å². The van der Waals surface area contributed by atoms with Crippen LogP contribution in [0.25, 0.3) is 0 Å². The second kappa shape index (κ2) is 8.93. The van der Waals surface area contributed by atoms with Crippen LogP contribution in [0.5, 0.6) is 0 Å². The van der Waals surface area contributed by atoms with Gasteiger partial charge in [0.15, 0.2) is 5.11 Å². The van der Waals surface area contributed by atoms with Gasteiger partial charge in [0.05, 0.1) is 0 Å². The zero-order valence-electron chi connectivity index (χ0n) is 10.4. The minimum absolute atomic E-state index is 0.727. The van der Waals surface area contributed by atoms with Crippen molar-refractivity contribution in [3.05, 3.63) is 30.1 Å². The molecule has 2 N–H and O–H groups in total. The maximum atomic E-state index is 5.19. The summed E-state index contributed by atoms with van der Waals surface area (Å²) in [4.78, 5) is 4.05. The Kier molecular flexibility index (Phi) is 7.30. The highest BCUT2D eigenvalue weighted by molar-refractivity contribution is 7.80.